The molecule has 2 aliphatic rings. The van der Waals surface area contributed by atoms with Crippen LogP contribution in [0.15, 0.2) is 54.6 Å². The molecule has 0 aliphatic carbocycles. The van der Waals surface area contributed by atoms with Crippen molar-refractivity contribution >= 4 is 5.57 Å². The number of morpholine rings is 1. The Bertz CT molecular complexity index is 931. The number of nitrogens with zero attached hydrogens (tertiary/aromatic N) is 2. The fourth-order valence-corrected chi connectivity index (χ4v) is 3.99. The number of rotatable bonds is 3. The van der Waals surface area contributed by atoms with Gasteiger partial charge < -0.3 is 4.74 Å². The number of hydrogen-bond acceptors (Lipinski definition) is 3. The van der Waals surface area contributed by atoms with Crippen molar-refractivity contribution in [1.82, 2.24) is 4.90 Å². The van der Waals surface area contributed by atoms with E-state index in [4.69, 9.17) is 4.74 Å². The molecule has 144 valence electrons. The second kappa shape index (κ2) is 7.42. The van der Waals surface area contributed by atoms with E-state index in [-0.39, 0.29) is 17.6 Å². The minimum atomic E-state index is -4.43. The summed E-state index contributed by atoms with van der Waals surface area (Å²) in [5.41, 5.74) is 1.91. The van der Waals surface area contributed by atoms with Crippen LogP contribution >= 0.6 is 0 Å². The van der Waals surface area contributed by atoms with Gasteiger partial charge in [-0.3, -0.25) is 4.90 Å². The summed E-state index contributed by atoms with van der Waals surface area (Å²) in [5, 5.41) is 9.40. The third-order valence-electron chi connectivity index (χ3n) is 5.36. The molecule has 6 heteroatoms. The van der Waals surface area contributed by atoms with Crippen LogP contribution in [0.1, 0.15) is 28.7 Å². The Labute approximate surface area is 161 Å². The molecule has 4 rings (SSSR count). The average Bonchev–Trinajstić information content (AvgIpc) is 2.67. The van der Waals surface area contributed by atoms with E-state index in [9.17, 15) is 18.4 Å². The molecular formula is C22H19F3N2O. The molecule has 2 unspecified atom stereocenters. The van der Waals surface area contributed by atoms with Crippen LogP contribution in [-0.4, -0.2) is 30.2 Å². The Morgan fingerprint density at radius 1 is 1.11 bits per heavy atom. The molecule has 3 nitrogen and oxygen atoms in total. The zero-order chi connectivity index (χ0) is 19.7. The summed E-state index contributed by atoms with van der Waals surface area (Å²) in [4.78, 5) is 2.34. The van der Waals surface area contributed by atoms with Crippen LogP contribution in [0.25, 0.3) is 5.57 Å². The van der Waals surface area contributed by atoms with Crippen molar-refractivity contribution < 1.29 is 17.9 Å². The highest BCUT2D eigenvalue weighted by atomic mass is 19.4. The zero-order valence-electron chi connectivity index (χ0n) is 15.1. The topological polar surface area (TPSA) is 36.3 Å². The molecule has 0 radical (unpaired) electrons. The SMILES string of the molecule is N#Cc1ccc(C(F)(F)F)cc1C1=CC2COCC(C1)N2Cc1ccccc1. The first kappa shape index (κ1) is 18.7. The maximum Gasteiger partial charge on any atom is 0.416 e. The third-order valence-corrected chi connectivity index (χ3v) is 5.36. The lowest BCUT2D eigenvalue weighted by atomic mass is 9.86. The lowest BCUT2D eigenvalue weighted by molar-refractivity contribution is -0.137. The van der Waals surface area contributed by atoms with Crippen LogP contribution in [0.3, 0.4) is 0 Å². The van der Waals surface area contributed by atoms with E-state index >= 15 is 0 Å². The highest BCUT2D eigenvalue weighted by molar-refractivity contribution is 5.73. The summed E-state index contributed by atoms with van der Waals surface area (Å²) in [5.74, 6) is 0. The van der Waals surface area contributed by atoms with Gasteiger partial charge in [-0.05, 0) is 41.3 Å². The van der Waals surface area contributed by atoms with Crippen LogP contribution in [0.4, 0.5) is 13.2 Å². The molecule has 0 aromatic heterocycles. The van der Waals surface area contributed by atoms with Crippen molar-refractivity contribution in [1.29, 1.82) is 5.26 Å². The van der Waals surface area contributed by atoms with Gasteiger partial charge in [0.2, 0.25) is 0 Å². The van der Waals surface area contributed by atoms with Crippen molar-refractivity contribution in [2.45, 2.75) is 31.2 Å². The summed E-state index contributed by atoms with van der Waals surface area (Å²) in [6.45, 7) is 1.78. The lowest BCUT2D eigenvalue weighted by Crippen LogP contribution is -2.53. The van der Waals surface area contributed by atoms with Crippen LogP contribution in [0.2, 0.25) is 0 Å². The average molecular weight is 384 g/mol. The summed E-state index contributed by atoms with van der Waals surface area (Å²) in [7, 11) is 0. The van der Waals surface area contributed by atoms with Gasteiger partial charge in [0.25, 0.3) is 0 Å². The van der Waals surface area contributed by atoms with Gasteiger partial charge >= 0.3 is 6.18 Å². The van der Waals surface area contributed by atoms with E-state index in [2.05, 4.69) is 17.0 Å². The van der Waals surface area contributed by atoms with Crippen molar-refractivity contribution in [2.24, 2.45) is 0 Å². The molecule has 0 saturated carbocycles. The summed E-state index contributed by atoms with van der Waals surface area (Å²) >= 11 is 0. The van der Waals surface area contributed by atoms with E-state index in [0.717, 1.165) is 24.3 Å². The van der Waals surface area contributed by atoms with Crippen LogP contribution in [0.5, 0.6) is 0 Å². The molecule has 0 N–H and O–H groups in total. The minimum Gasteiger partial charge on any atom is -0.378 e. The van der Waals surface area contributed by atoms with E-state index in [1.54, 1.807) is 0 Å². The van der Waals surface area contributed by atoms with Crippen molar-refractivity contribution in [2.75, 3.05) is 13.2 Å². The summed E-state index contributed by atoms with van der Waals surface area (Å²) in [6, 6.07) is 15.5. The van der Waals surface area contributed by atoms with E-state index in [1.807, 2.05) is 30.3 Å². The van der Waals surface area contributed by atoms with E-state index < -0.39 is 11.7 Å². The quantitative estimate of drug-likeness (QED) is 0.774. The maximum absolute atomic E-state index is 13.2. The fraction of sp³-hybridized carbons (Fsp3) is 0.318. The van der Waals surface area contributed by atoms with Crippen LogP contribution in [0, 0.1) is 11.3 Å². The van der Waals surface area contributed by atoms with Gasteiger partial charge in [0, 0.05) is 12.6 Å². The maximum atomic E-state index is 13.2. The predicted molar refractivity (Wildman–Crippen MR) is 99.1 cm³/mol. The van der Waals surface area contributed by atoms with E-state index in [1.165, 1.54) is 11.6 Å². The van der Waals surface area contributed by atoms with Crippen molar-refractivity contribution in [3.05, 3.63) is 76.9 Å². The summed E-state index contributed by atoms with van der Waals surface area (Å²) in [6.07, 6.45) is -1.91. The number of ether oxygens (including phenoxy) is 1. The molecule has 2 aliphatic heterocycles. The standard InChI is InChI=1S/C22H19F3N2O/c23-22(24,25)18-7-6-16(11-26)21(10-18)17-8-19-13-28-14-20(9-17)27(19)12-15-4-2-1-3-5-15/h1-8,10,19-20H,9,12-14H2. The molecule has 28 heavy (non-hydrogen) atoms. The minimum absolute atomic E-state index is 0.0243. The number of hydrogen-bond donors (Lipinski definition) is 0. The van der Waals surface area contributed by atoms with Gasteiger partial charge in [-0.2, -0.15) is 18.4 Å². The third kappa shape index (κ3) is 3.68. The highest BCUT2D eigenvalue weighted by Crippen LogP contribution is 2.37. The zero-order valence-corrected chi connectivity index (χ0v) is 15.1. The number of benzene rings is 2. The first-order valence-corrected chi connectivity index (χ1v) is 9.15. The molecule has 0 amide bonds. The Hall–Kier alpha value is -2.62. The van der Waals surface area contributed by atoms with Gasteiger partial charge in [0.05, 0.1) is 36.5 Å². The second-order valence-electron chi connectivity index (χ2n) is 7.18. The van der Waals surface area contributed by atoms with Gasteiger partial charge in [0.15, 0.2) is 0 Å². The molecular weight excluding hydrogens is 365 g/mol. The molecule has 2 aromatic carbocycles. The Kier molecular flexibility index (Phi) is 4.96. The number of fused-ring (bicyclic) bond motifs is 2. The largest absolute Gasteiger partial charge is 0.416 e. The number of nitriles is 1. The number of alkyl halides is 3. The lowest BCUT2D eigenvalue weighted by Gasteiger charge is -2.45. The second-order valence-corrected chi connectivity index (χ2v) is 7.18. The molecule has 2 atom stereocenters. The van der Waals surface area contributed by atoms with E-state index in [0.29, 0.717) is 25.2 Å². The normalized spacial score (nSPS) is 22.4. The smallest absolute Gasteiger partial charge is 0.378 e. The van der Waals surface area contributed by atoms with Gasteiger partial charge in [0.1, 0.15) is 0 Å². The summed E-state index contributed by atoms with van der Waals surface area (Å²) < 4.78 is 45.2. The van der Waals surface area contributed by atoms with Crippen molar-refractivity contribution in [3.8, 4) is 6.07 Å². The Balaban J connectivity index is 1.68. The highest BCUT2D eigenvalue weighted by Gasteiger charge is 2.36. The fourth-order valence-electron chi connectivity index (χ4n) is 3.99. The molecule has 0 spiro atoms. The number of halogens is 3. The molecule has 2 aromatic rings. The van der Waals surface area contributed by atoms with Crippen LogP contribution in [-0.2, 0) is 17.5 Å². The Morgan fingerprint density at radius 3 is 2.57 bits per heavy atom. The van der Waals surface area contributed by atoms with Gasteiger partial charge in [-0.25, -0.2) is 0 Å². The predicted octanol–water partition coefficient (Wildman–Crippen LogP) is 4.63. The first-order valence-electron chi connectivity index (χ1n) is 9.15. The molecule has 1 saturated heterocycles. The Morgan fingerprint density at radius 2 is 1.89 bits per heavy atom. The first-order chi connectivity index (χ1) is 13.5. The molecule has 1 fully saturated rings. The van der Waals surface area contributed by atoms with Gasteiger partial charge in [-0.1, -0.05) is 36.4 Å². The van der Waals surface area contributed by atoms with Gasteiger partial charge in [-0.15, -0.1) is 0 Å². The molecule has 2 heterocycles. The van der Waals surface area contributed by atoms with Crippen LogP contribution < -0.4 is 0 Å². The molecule has 2 bridgehead atoms. The monoisotopic (exact) mass is 384 g/mol. The van der Waals surface area contributed by atoms with Crippen molar-refractivity contribution in [3.63, 3.8) is 0 Å².